The van der Waals surface area contributed by atoms with Crippen LogP contribution in [-0.4, -0.2) is 25.3 Å². The Balaban J connectivity index is 2.53. The second-order valence-electron chi connectivity index (χ2n) is 3.92. The van der Waals surface area contributed by atoms with Gasteiger partial charge in [0.15, 0.2) is 11.5 Å². The van der Waals surface area contributed by atoms with Crippen LogP contribution in [0.5, 0.6) is 11.5 Å². The molecule has 2 rings (SSSR count). The lowest BCUT2D eigenvalue weighted by atomic mass is 9.99. The van der Waals surface area contributed by atoms with E-state index in [9.17, 15) is 9.90 Å². The maximum atomic E-state index is 11.7. The second-order valence-corrected chi connectivity index (χ2v) is 3.92. The first-order valence-electron chi connectivity index (χ1n) is 5.72. The summed E-state index contributed by atoms with van der Waals surface area (Å²) in [7, 11) is 2.82. The van der Waals surface area contributed by atoms with E-state index in [-0.39, 0.29) is 5.75 Å². The molecule has 0 amide bonds. The summed E-state index contributed by atoms with van der Waals surface area (Å²) in [6.45, 7) is 0. The summed E-state index contributed by atoms with van der Waals surface area (Å²) in [5.74, 6) is 0.00451. The van der Waals surface area contributed by atoms with E-state index in [0.29, 0.717) is 16.9 Å². The molecule has 1 N–H and O–H groups in total. The number of hydrogen-bond donors (Lipinski definition) is 1. The third-order valence-corrected chi connectivity index (χ3v) is 2.82. The minimum absolute atomic E-state index is 0.0275. The molecule has 0 saturated heterocycles. The Morgan fingerprint density at radius 3 is 2.47 bits per heavy atom. The highest BCUT2D eigenvalue weighted by molar-refractivity contribution is 5.97. The smallest absolute Gasteiger partial charge is 0.338 e. The molecule has 0 aromatic heterocycles. The average Bonchev–Trinajstić information content (AvgIpc) is 2.46. The third kappa shape index (κ3) is 2.52. The van der Waals surface area contributed by atoms with E-state index >= 15 is 0 Å². The fraction of sp³-hybridized carbons (Fsp3) is 0.133. The number of hydrogen-bond acceptors (Lipinski definition) is 4. The first-order valence-corrected chi connectivity index (χ1v) is 5.72. The molecule has 0 radical (unpaired) electrons. The first kappa shape index (κ1) is 13.0. The van der Waals surface area contributed by atoms with Gasteiger partial charge in [-0.25, -0.2) is 4.79 Å². The van der Waals surface area contributed by atoms with Crippen LogP contribution < -0.4 is 4.74 Å². The number of methoxy groups -OCH3 is 2. The van der Waals surface area contributed by atoms with Crippen molar-refractivity contribution in [3.8, 4) is 22.6 Å². The summed E-state index contributed by atoms with van der Waals surface area (Å²) in [6, 6.07) is 12.1. The zero-order valence-electron chi connectivity index (χ0n) is 10.7. The van der Waals surface area contributed by atoms with Gasteiger partial charge in [-0.2, -0.15) is 0 Å². The number of phenolic OH excluding ortho intramolecular Hbond substituents is 1. The van der Waals surface area contributed by atoms with Crippen molar-refractivity contribution in [2.24, 2.45) is 0 Å². The number of esters is 1. The molecule has 0 aliphatic heterocycles. The molecule has 4 heteroatoms. The van der Waals surface area contributed by atoms with Crippen molar-refractivity contribution in [1.82, 2.24) is 0 Å². The van der Waals surface area contributed by atoms with Crippen LogP contribution >= 0.6 is 0 Å². The Bertz CT molecular complexity index is 605. The predicted octanol–water partition coefficient (Wildman–Crippen LogP) is 2.85. The molecule has 0 atom stereocenters. The number of benzene rings is 2. The molecule has 19 heavy (non-hydrogen) atoms. The number of carbonyl (C=O) groups excluding carboxylic acids is 1. The van der Waals surface area contributed by atoms with Crippen LogP contribution in [0.4, 0.5) is 0 Å². The average molecular weight is 258 g/mol. The van der Waals surface area contributed by atoms with Gasteiger partial charge < -0.3 is 14.6 Å². The van der Waals surface area contributed by atoms with Gasteiger partial charge in [0.1, 0.15) is 0 Å². The van der Waals surface area contributed by atoms with Gasteiger partial charge >= 0.3 is 5.97 Å². The first-order chi connectivity index (χ1) is 9.17. The molecule has 2 aromatic rings. The van der Waals surface area contributed by atoms with Gasteiger partial charge in [-0.15, -0.1) is 0 Å². The van der Waals surface area contributed by atoms with Gasteiger partial charge in [-0.05, 0) is 29.3 Å². The standard InChI is InChI=1S/C15H14O4/c1-18-14-8-7-10(9-13(14)16)11-5-3-4-6-12(11)15(17)19-2/h3-9,16H,1-2H3. The lowest BCUT2D eigenvalue weighted by Crippen LogP contribution is -2.03. The minimum atomic E-state index is -0.411. The van der Waals surface area contributed by atoms with E-state index in [4.69, 9.17) is 9.47 Å². The Labute approximate surface area is 111 Å². The number of carbonyl (C=O) groups is 1. The van der Waals surface area contributed by atoms with Gasteiger partial charge in [0.2, 0.25) is 0 Å². The SMILES string of the molecule is COC(=O)c1ccccc1-c1ccc(OC)c(O)c1. The van der Waals surface area contributed by atoms with Crippen LogP contribution in [0.2, 0.25) is 0 Å². The molecular weight excluding hydrogens is 244 g/mol. The maximum absolute atomic E-state index is 11.7. The van der Waals surface area contributed by atoms with E-state index in [1.165, 1.54) is 14.2 Å². The van der Waals surface area contributed by atoms with Crippen LogP contribution in [0.15, 0.2) is 42.5 Å². The summed E-state index contributed by atoms with van der Waals surface area (Å²) in [6.07, 6.45) is 0. The van der Waals surface area contributed by atoms with Crippen LogP contribution in [-0.2, 0) is 4.74 Å². The lowest BCUT2D eigenvalue weighted by Gasteiger charge is -2.10. The maximum Gasteiger partial charge on any atom is 0.338 e. The fourth-order valence-corrected chi connectivity index (χ4v) is 1.88. The Kier molecular flexibility index (Phi) is 3.71. The van der Waals surface area contributed by atoms with Crippen LogP contribution in [0, 0.1) is 0 Å². The summed E-state index contributed by atoms with van der Waals surface area (Å²) in [5.41, 5.74) is 1.88. The topological polar surface area (TPSA) is 55.8 Å². The third-order valence-electron chi connectivity index (χ3n) is 2.82. The largest absolute Gasteiger partial charge is 0.504 e. The number of rotatable bonds is 3. The number of aromatic hydroxyl groups is 1. The summed E-state index contributed by atoms with van der Waals surface area (Å²) in [4.78, 5) is 11.7. The van der Waals surface area contributed by atoms with E-state index in [1.807, 2.05) is 6.07 Å². The monoisotopic (exact) mass is 258 g/mol. The summed E-state index contributed by atoms with van der Waals surface area (Å²) >= 11 is 0. The van der Waals surface area contributed by atoms with Crippen molar-refractivity contribution in [2.75, 3.05) is 14.2 Å². The van der Waals surface area contributed by atoms with Gasteiger partial charge in [0.25, 0.3) is 0 Å². The molecule has 0 fully saturated rings. The molecule has 2 aromatic carbocycles. The van der Waals surface area contributed by atoms with Crippen molar-refractivity contribution >= 4 is 5.97 Å². The Morgan fingerprint density at radius 1 is 1.11 bits per heavy atom. The van der Waals surface area contributed by atoms with Crippen molar-refractivity contribution in [1.29, 1.82) is 0 Å². The summed E-state index contributed by atoms with van der Waals surface area (Å²) in [5, 5.41) is 9.80. The minimum Gasteiger partial charge on any atom is -0.504 e. The normalized spacial score (nSPS) is 10.0. The van der Waals surface area contributed by atoms with Crippen molar-refractivity contribution in [3.05, 3.63) is 48.0 Å². The quantitative estimate of drug-likeness (QED) is 0.860. The zero-order chi connectivity index (χ0) is 13.8. The van der Waals surface area contributed by atoms with E-state index in [0.717, 1.165) is 5.56 Å². The van der Waals surface area contributed by atoms with Crippen LogP contribution in [0.3, 0.4) is 0 Å². The lowest BCUT2D eigenvalue weighted by molar-refractivity contribution is 0.0601. The Hall–Kier alpha value is -2.49. The second kappa shape index (κ2) is 5.44. The van der Waals surface area contributed by atoms with Crippen molar-refractivity contribution in [2.45, 2.75) is 0 Å². The predicted molar refractivity (Wildman–Crippen MR) is 71.4 cm³/mol. The molecular formula is C15H14O4. The molecule has 0 heterocycles. The highest BCUT2D eigenvalue weighted by Gasteiger charge is 2.13. The van der Waals surface area contributed by atoms with Gasteiger partial charge in [-0.1, -0.05) is 24.3 Å². The fourth-order valence-electron chi connectivity index (χ4n) is 1.88. The van der Waals surface area contributed by atoms with Crippen LogP contribution in [0.25, 0.3) is 11.1 Å². The molecule has 0 bridgehead atoms. The van der Waals surface area contributed by atoms with Gasteiger partial charge in [0.05, 0.1) is 19.8 Å². The molecule has 4 nitrogen and oxygen atoms in total. The highest BCUT2D eigenvalue weighted by Crippen LogP contribution is 2.32. The molecule has 0 saturated carbocycles. The van der Waals surface area contributed by atoms with E-state index < -0.39 is 5.97 Å². The molecule has 0 aliphatic carbocycles. The molecule has 0 aliphatic rings. The molecule has 98 valence electrons. The van der Waals surface area contributed by atoms with Gasteiger partial charge in [0, 0.05) is 0 Å². The van der Waals surface area contributed by atoms with Crippen molar-refractivity contribution < 1.29 is 19.4 Å². The number of phenols is 1. The van der Waals surface area contributed by atoms with Crippen molar-refractivity contribution in [3.63, 3.8) is 0 Å². The van der Waals surface area contributed by atoms with E-state index in [2.05, 4.69) is 0 Å². The summed E-state index contributed by atoms with van der Waals surface area (Å²) < 4.78 is 9.74. The van der Waals surface area contributed by atoms with Gasteiger partial charge in [-0.3, -0.25) is 0 Å². The Morgan fingerprint density at radius 2 is 1.84 bits per heavy atom. The van der Waals surface area contributed by atoms with Crippen LogP contribution in [0.1, 0.15) is 10.4 Å². The van der Waals surface area contributed by atoms with E-state index in [1.54, 1.807) is 36.4 Å². The zero-order valence-corrected chi connectivity index (χ0v) is 10.7. The molecule has 0 spiro atoms. The molecule has 0 unspecified atom stereocenters. The highest BCUT2D eigenvalue weighted by atomic mass is 16.5. The number of ether oxygens (including phenoxy) is 2.